The summed E-state index contributed by atoms with van der Waals surface area (Å²) in [5, 5.41) is 2.77. The summed E-state index contributed by atoms with van der Waals surface area (Å²) in [6.07, 6.45) is -0.984. The standard InChI is InChI=1S/C24H24N2O5S/c1-18-8-7-9-19(16-18)30-15-14-25-24(27)23-17-26(21-12-5-6-13-22(21)31-23)32(28,29)20-10-3-2-4-11-20/h2-13,16,23H,14-15,17H2,1H3,(H,25,27)/t23-/m1/s1. The normalized spacial score (nSPS) is 15.4. The predicted molar refractivity (Wildman–Crippen MR) is 122 cm³/mol. The second-order valence-corrected chi connectivity index (χ2v) is 9.24. The Bertz CT molecular complexity index is 1200. The Morgan fingerprint density at radius 2 is 1.81 bits per heavy atom. The first kappa shape index (κ1) is 21.7. The van der Waals surface area contributed by atoms with Crippen LogP contribution in [0.5, 0.6) is 11.5 Å². The van der Waals surface area contributed by atoms with Crippen LogP contribution in [0.2, 0.25) is 0 Å². The van der Waals surface area contributed by atoms with E-state index in [0.717, 1.165) is 11.3 Å². The maximum Gasteiger partial charge on any atom is 0.264 e. The number of rotatable bonds is 7. The zero-order chi connectivity index (χ0) is 22.6. The molecule has 0 saturated carbocycles. The van der Waals surface area contributed by atoms with Crippen molar-refractivity contribution in [2.45, 2.75) is 17.9 Å². The number of nitrogens with zero attached hydrogens (tertiary/aromatic N) is 1. The maximum atomic E-state index is 13.3. The molecule has 0 aromatic heterocycles. The van der Waals surface area contributed by atoms with Crippen LogP contribution >= 0.6 is 0 Å². The zero-order valence-electron chi connectivity index (χ0n) is 17.6. The summed E-state index contributed by atoms with van der Waals surface area (Å²) < 4.78 is 39.3. The number of hydrogen-bond donors (Lipinski definition) is 1. The molecule has 1 aliphatic heterocycles. The van der Waals surface area contributed by atoms with Crippen LogP contribution in [-0.4, -0.2) is 40.1 Å². The molecule has 32 heavy (non-hydrogen) atoms. The van der Waals surface area contributed by atoms with Gasteiger partial charge >= 0.3 is 0 Å². The minimum Gasteiger partial charge on any atom is -0.492 e. The molecule has 8 heteroatoms. The summed E-state index contributed by atoms with van der Waals surface area (Å²) in [6, 6.07) is 22.6. The third-order valence-electron chi connectivity index (χ3n) is 5.02. The molecule has 0 radical (unpaired) electrons. The number of benzene rings is 3. The Hall–Kier alpha value is -3.52. The van der Waals surface area contributed by atoms with E-state index >= 15 is 0 Å². The average Bonchev–Trinajstić information content (AvgIpc) is 2.81. The molecule has 0 bridgehead atoms. The molecule has 0 aliphatic carbocycles. The molecule has 4 rings (SSSR count). The van der Waals surface area contributed by atoms with Crippen molar-refractivity contribution in [3.05, 3.63) is 84.4 Å². The fraction of sp³-hybridized carbons (Fsp3) is 0.208. The molecule has 0 fully saturated rings. The first-order chi connectivity index (χ1) is 15.4. The molecule has 1 aliphatic rings. The Labute approximate surface area is 187 Å². The molecule has 1 N–H and O–H groups in total. The van der Waals surface area contributed by atoms with Crippen LogP contribution < -0.4 is 19.1 Å². The third kappa shape index (κ3) is 4.70. The van der Waals surface area contributed by atoms with Gasteiger partial charge in [-0.25, -0.2) is 8.42 Å². The van der Waals surface area contributed by atoms with Gasteiger partial charge in [-0.3, -0.25) is 9.10 Å². The lowest BCUT2D eigenvalue weighted by molar-refractivity contribution is -0.127. The van der Waals surface area contributed by atoms with E-state index in [-0.39, 0.29) is 24.6 Å². The average molecular weight is 453 g/mol. The number of hydrogen-bond acceptors (Lipinski definition) is 5. The van der Waals surface area contributed by atoms with E-state index in [1.165, 1.54) is 16.4 Å². The Kier molecular flexibility index (Phi) is 6.32. The van der Waals surface area contributed by atoms with E-state index in [1.54, 1.807) is 42.5 Å². The van der Waals surface area contributed by atoms with Gasteiger partial charge in [0.15, 0.2) is 6.10 Å². The van der Waals surface area contributed by atoms with Crippen LogP contribution in [0.15, 0.2) is 83.8 Å². The van der Waals surface area contributed by atoms with Crippen molar-refractivity contribution < 1.29 is 22.7 Å². The fourth-order valence-corrected chi connectivity index (χ4v) is 4.95. The van der Waals surface area contributed by atoms with Crippen molar-refractivity contribution in [2.75, 3.05) is 24.0 Å². The smallest absolute Gasteiger partial charge is 0.264 e. The number of para-hydroxylation sites is 2. The molecular formula is C24H24N2O5S. The highest BCUT2D eigenvalue weighted by Gasteiger charge is 2.37. The molecule has 3 aromatic carbocycles. The Morgan fingerprint density at radius 1 is 1.06 bits per heavy atom. The number of aryl methyl sites for hydroxylation is 1. The molecule has 0 spiro atoms. The summed E-state index contributed by atoms with van der Waals surface area (Å²) in [5.74, 6) is 0.664. The molecule has 0 saturated heterocycles. The lowest BCUT2D eigenvalue weighted by Crippen LogP contribution is -2.51. The summed E-state index contributed by atoms with van der Waals surface area (Å²) in [5.41, 5.74) is 1.49. The van der Waals surface area contributed by atoms with Gasteiger partial charge < -0.3 is 14.8 Å². The zero-order valence-corrected chi connectivity index (χ0v) is 18.4. The SMILES string of the molecule is Cc1cccc(OCCNC(=O)[C@H]2CN(S(=O)(=O)c3ccccc3)c3ccccc3O2)c1. The second-order valence-electron chi connectivity index (χ2n) is 7.38. The number of anilines is 1. The lowest BCUT2D eigenvalue weighted by atomic mass is 10.2. The van der Waals surface area contributed by atoms with Gasteiger partial charge in [0.1, 0.15) is 18.1 Å². The monoisotopic (exact) mass is 452 g/mol. The quantitative estimate of drug-likeness (QED) is 0.557. The number of fused-ring (bicyclic) bond motifs is 1. The van der Waals surface area contributed by atoms with Crippen molar-refractivity contribution >= 4 is 21.6 Å². The highest BCUT2D eigenvalue weighted by Crippen LogP contribution is 2.36. The molecule has 7 nitrogen and oxygen atoms in total. The first-order valence-electron chi connectivity index (χ1n) is 10.3. The number of sulfonamides is 1. The molecule has 0 unspecified atom stereocenters. The third-order valence-corrected chi connectivity index (χ3v) is 6.81. The van der Waals surface area contributed by atoms with E-state index in [2.05, 4.69) is 5.32 Å². The van der Waals surface area contributed by atoms with Gasteiger partial charge in [-0.2, -0.15) is 0 Å². The molecule has 1 atom stereocenters. The predicted octanol–water partition coefficient (Wildman–Crippen LogP) is 3.15. The molecular weight excluding hydrogens is 428 g/mol. The van der Waals surface area contributed by atoms with Crippen molar-refractivity contribution in [1.82, 2.24) is 5.32 Å². The summed E-state index contributed by atoms with van der Waals surface area (Å²) in [6.45, 7) is 2.39. The summed E-state index contributed by atoms with van der Waals surface area (Å²) >= 11 is 0. The molecule has 166 valence electrons. The fourth-order valence-electron chi connectivity index (χ4n) is 3.45. The van der Waals surface area contributed by atoms with Gasteiger partial charge in [0.05, 0.1) is 23.7 Å². The van der Waals surface area contributed by atoms with Crippen LogP contribution in [0.4, 0.5) is 5.69 Å². The van der Waals surface area contributed by atoms with Gasteiger partial charge in [-0.15, -0.1) is 0 Å². The number of ether oxygens (including phenoxy) is 2. The number of carbonyl (C=O) groups is 1. The topological polar surface area (TPSA) is 84.9 Å². The van der Waals surface area contributed by atoms with Gasteiger partial charge in [0.2, 0.25) is 0 Å². The lowest BCUT2D eigenvalue weighted by Gasteiger charge is -2.34. The van der Waals surface area contributed by atoms with E-state index in [4.69, 9.17) is 9.47 Å². The van der Waals surface area contributed by atoms with Crippen LogP contribution in [0, 0.1) is 6.92 Å². The Balaban J connectivity index is 1.45. The van der Waals surface area contributed by atoms with Gasteiger partial charge in [0, 0.05) is 0 Å². The van der Waals surface area contributed by atoms with Crippen LogP contribution in [0.1, 0.15) is 5.56 Å². The first-order valence-corrected chi connectivity index (χ1v) is 11.7. The Morgan fingerprint density at radius 3 is 2.59 bits per heavy atom. The minimum atomic E-state index is -3.86. The van der Waals surface area contributed by atoms with Crippen LogP contribution in [0.25, 0.3) is 0 Å². The van der Waals surface area contributed by atoms with E-state index in [0.29, 0.717) is 11.4 Å². The maximum absolute atomic E-state index is 13.3. The number of amides is 1. The molecule has 1 heterocycles. The molecule has 3 aromatic rings. The van der Waals surface area contributed by atoms with Gasteiger partial charge in [-0.1, -0.05) is 42.5 Å². The van der Waals surface area contributed by atoms with Crippen molar-refractivity contribution in [2.24, 2.45) is 0 Å². The van der Waals surface area contributed by atoms with E-state index in [9.17, 15) is 13.2 Å². The van der Waals surface area contributed by atoms with E-state index in [1.807, 2.05) is 31.2 Å². The number of nitrogens with one attached hydrogen (secondary N) is 1. The largest absolute Gasteiger partial charge is 0.492 e. The minimum absolute atomic E-state index is 0.126. The summed E-state index contributed by atoms with van der Waals surface area (Å²) in [7, 11) is -3.86. The highest BCUT2D eigenvalue weighted by atomic mass is 32.2. The highest BCUT2D eigenvalue weighted by molar-refractivity contribution is 7.92. The van der Waals surface area contributed by atoms with Crippen molar-refractivity contribution in [3.63, 3.8) is 0 Å². The van der Waals surface area contributed by atoms with Crippen molar-refractivity contribution in [1.29, 1.82) is 0 Å². The molecule has 1 amide bonds. The number of carbonyl (C=O) groups excluding carboxylic acids is 1. The van der Waals surface area contributed by atoms with Gasteiger partial charge in [0.25, 0.3) is 15.9 Å². The van der Waals surface area contributed by atoms with Crippen LogP contribution in [-0.2, 0) is 14.8 Å². The van der Waals surface area contributed by atoms with Crippen LogP contribution in [0.3, 0.4) is 0 Å². The van der Waals surface area contributed by atoms with E-state index < -0.39 is 22.0 Å². The summed E-state index contributed by atoms with van der Waals surface area (Å²) in [4.78, 5) is 12.9. The van der Waals surface area contributed by atoms with Crippen molar-refractivity contribution in [3.8, 4) is 11.5 Å². The van der Waals surface area contributed by atoms with Gasteiger partial charge in [-0.05, 0) is 48.9 Å². The second kappa shape index (κ2) is 9.32.